The molecule has 0 radical (unpaired) electrons. The van der Waals surface area contributed by atoms with Crippen LogP contribution in [0.25, 0.3) is 10.9 Å². The van der Waals surface area contributed by atoms with Gasteiger partial charge >= 0.3 is 0 Å². The van der Waals surface area contributed by atoms with Crippen molar-refractivity contribution in [1.82, 2.24) is 9.55 Å². The average molecular weight is 387 g/mol. The Balaban J connectivity index is 1.65. The fourth-order valence-electron chi connectivity index (χ4n) is 2.67. The molecule has 1 atom stereocenters. The Hall–Kier alpha value is -2.70. The van der Waals surface area contributed by atoms with E-state index in [4.69, 9.17) is 16.3 Å². The molecule has 1 unspecified atom stereocenters. The van der Waals surface area contributed by atoms with Crippen LogP contribution in [-0.4, -0.2) is 33.2 Å². The lowest BCUT2D eigenvalue weighted by atomic mass is 10.1. The minimum atomic E-state index is -0.905. The molecule has 0 spiro atoms. The Morgan fingerprint density at radius 2 is 2.00 bits per heavy atom. The number of benzene rings is 2. The first-order valence-electron chi connectivity index (χ1n) is 8.56. The minimum absolute atomic E-state index is 0.00109. The van der Waals surface area contributed by atoms with Gasteiger partial charge in [-0.3, -0.25) is 14.2 Å². The molecule has 0 aliphatic carbocycles. The molecule has 3 rings (SSSR count). The van der Waals surface area contributed by atoms with Crippen LogP contribution in [0.1, 0.15) is 23.7 Å². The van der Waals surface area contributed by atoms with Crippen molar-refractivity contribution in [3.05, 3.63) is 69.7 Å². The van der Waals surface area contributed by atoms with Gasteiger partial charge in [-0.05, 0) is 42.5 Å². The third-order valence-electron chi connectivity index (χ3n) is 4.13. The van der Waals surface area contributed by atoms with Gasteiger partial charge in [0.25, 0.3) is 5.56 Å². The highest BCUT2D eigenvalue weighted by Gasteiger charge is 2.11. The van der Waals surface area contributed by atoms with Crippen LogP contribution in [0.15, 0.2) is 53.6 Å². The van der Waals surface area contributed by atoms with E-state index >= 15 is 0 Å². The maximum Gasteiger partial charge on any atom is 0.261 e. The van der Waals surface area contributed by atoms with Crippen molar-refractivity contribution in [3.8, 4) is 5.75 Å². The third kappa shape index (κ3) is 4.53. The summed E-state index contributed by atoms with van der Waals surface area (Å²) in [6.45, 7) is 1.85. The van der Waals surface area contributed by atoms with E-state index in [1.54, 1.807) is 49.4 Å². The van der Waals surface area contributed by atoms with Gasteiger partial charge in [-0.15, -0.1) is 0 Å². The lowest BCUT2D eigenvalue weighted by Crippen LogP contribution is -2.30. The van der Waals surface area contributed by atoms with Gasteiger partial charge in [0.1, 0.15) is 18.5 Å². The summed E-state index contributed by atoms with van der Waals surface area (Å²) in [4.78, 5) is 28.3. The zero-order chi connectivity index (χ0) is 19.4. The predicted octanol–water partition coefficient (Wildman–Crippen LogP) is 3.08. The second-order valence-electron chi connectivity index (χ2n) is 6.13. The fraction of sp³-hybridized carbons (Fsp3) is 0.250. The molecule has 6 nitrogen and oxygen atoms in total. The average Bonchev–Trinajstić information content (AvgIpc) is 2.68. The maximum absolute atomic E-state index is 12.5. The number of aromatic nitrogens is 2. The van der Waals surface area contributed by atoms with Crippen molar-refractivity contribution in [1.29, 1.82) is 0 Å². The van der Waals surface area contributed by atoms with Gasteiger partial charge in [-0.1, -0.05) is 18.5 Å². The number of Topliss-reactive ketones (excluding diaryl/α,β-unsaturated/α-hetero) is 1. The Morgan fingerprint density at radius 3 is 2.70 bits per heavy atom. The number of aliphatic hydroxyl groups excluding tert-OH is 1. The molecule has 7 heteroatoms. The Morgan fingerprint density at radius 1 is 1.26 bits per heavy atom. The number of carbonyl (C=O) groups excluding carboxylic acids is 1. The SMILES string of the molecule is CCC(=O)c1ccc(OCC(O)Cn2cnc3ccc(Cl)cc3c2=O)cc1. The quantitative estimate of drug-likeness (QED) is 0.631. The molecule has 27 heavy (non-hydrogen) atoms. The molecule has 2 aromatic carbocycles. The molecule has 1 aromatic heterocycles. The molecule has 0 aliphatic heterocycles. The van der Waals surface area contributed by atoms with Crippen LogP contribution in [0.3, 0.4) is 0 Å². The van der Waals surface area contributed by atoms with Gasteiger partial charge < -0.3 is 9.84 Å². The van der Waals surface area contributed by atoms with Crippen LogP contribution in [-0.2, 0) is 6.54 Å². The van der Waals surface area contributed by atoms with Crippen molar-refractivity contribution in [2.75, 3.05) is 6.61 Å². The van der Waals surface area contributed by atoms with E-state index in [9.17, 15) is 14.7 Å². The van der Waals surface area contributed by atoms with Crippen LogP contribution in [0.4, 0.5) is 0 Å². The molecule has 0 aliphatic rings. The molecule has 0 bridgehead atoms. The van der Waals surface area contributed by atoms with Gasteiger partial charge in [0.05, 0.1) is 23.8 Å². The number of aliphatic hydroxyl groups is 1. The summed E-state index contributed by atoms with van der Waals surface area (Å²) in [5.41, 5.74) is 0.898. The van der Waals surface area contributed by atoms with Gasteiger partial charge in [0.15, 0.2) is 5.78 Å². The normalized spacial score (nSPS) is 12.1. The summed E-state index contributed by atoms with van der Waals surface area (Å²) < 4.78 is 6.87. The number of halogens is 1. The standard InChI is InChI=1S/C20H19ClN2O4/c1-2-19(25)13-3-6-16(7-4-13)27-11-15(24)10-23-12-22-18-8-5-14(21)9-17(18)20(23)26/h3-9,12,15,24H,2,10-11H2,1H3. The highest BCUT2D eigenvalue weighted by Crippen LogP contribution is 2.15. The summed E-state index contributed by atoms with van der Waals surface area (Å²) in [6, 6.07) is 11.6. The van der Waals surface area contributed by atoms with Crippen molar-refractivity contribution in [2.24, 2.45) is 0 Å². The van der Waals surface area contributed by atoms with Crippen molar-refractivity contribution in [2.45, 2.75) is 26.0 Å². The molecular formula is C20H19ClN2O4. The number of hydrogen-bond acceptors (Lipinski definition) is 5. The smallest absolute Gasteiger partial charge is 0.261 e. The first-order valence-corrected chi connectivity index (χ1v) is 8.94. The summed E-state index contributed by atoms with van der Waals surface area (Å²) >= 11 is 5.94. The van der Waals surface area contributed by atoms with Gasteiger partial charge in [0.2, 0.25) is 0 Å². The van der Waals surface area contributed by atoms with E-state index < -0.39 is 6.10 Å². The second-order valence-corrected chi connectivity index (χ2v) is 6.57. The minimum Gasteiger partial charge on any atom is -0.491 e. The van der Waals surface area contributed by atoms with Crippen LogP contribution < -0.4 is 10.3 Å². The van der Waals surface area contributed by atoms with Crippen molar-refractivity contribution in [3.63, 3.8) is 0 Å². The van der Waals surface area contributed by atoms with Gasteiger partial charge in [-0.25, -0.2) is 4.98 Å². The lowest BCUT2D eigenvalue weighted by molar-refractivity contribution is 0.0913. The Labute approximate surface area is 161 Å². The van der Waals surface area contributed by atoms with Crippen LogP contribution in [0, 0.1) is 0 Å². The molecule has 1 heterocycles. The van der Waals surface area contributed by atoms with E-state index in [-0.39, 0.29) is 24.5 Å². The second kappa shape index (κ2) is 8.33. The first kappa shape index (κ1) is 19.1. The van der Waals surface area contributed by atoms with E-state index in [0.717, 1.165) is 0 Å². The number of fused-ring (bicyclic) bond motifs is 1. The molecule has 1 N–H and O–H groups in total. The zero-order valence-electron chi connectivity index (χ0n) is 14.8. The first-order chi connectivity index (χ1) is 13.0. The van der Waals surface area contributed by atoms with Crippen molar-refractivity contribution >= 4 is 28.3 Å². The topological polar surface area (TPSA) is 81.4 Å². The van der Waals surface area contributed by atoms with Gasteiger partial charge in [-0.2, -0.15) is 0 Å². The van der Waals surface area contributed by atoms with Gasteiger partial charge in [0, 0.05) is 17.0 Å². The number of hydrogen-bond donors (Lipinski definition) is 1. The van der Waals surface area contributed by atoms with E-state index in [1.165, 1.54) is 10.9 Å². The summed E-state index contributed by atoms with van der Waals surface area (Å²) in [7, 11) is 0. The number of carbonyl (C=O) groups is 1. The Kier molecular flexibility index (Phi) is 5.88. The molecular weight excluding hydrogens is 368 g/mol. The van der Waals surface area contributed by atoms with Crippen molar-refractivity contribution < 1.29 is 14.6 Å². The molecule has 0 fully saturated rings. The summed E-state index contributed by atoms with van der Waals surface area (Å²) in [6.07, 6.45) is 0.934. The molecule has 3 aromatic rings. The summed E-state index contributed by atoms with van der Waals surface area (Å²) in [5.74, 6) is 0.599. The predicted molar refractivity (Wildman–Crippen MR) is 104 cm³/mol. The molecule has 0 saturated heterocycles. The summed E-state index contributed by atoms with van der Waals surface area (Å²) in [5, 5.41) is 11.1. The lowest BCUT2D eigenvalue weighted by Gasteiger charge is -2.14. The van der Waals surface area contributed by atoms with E-state index in [0.29, 0.717) is 33.7 Å². The molecule has 140 valence electrons. The van der Waals surface area contributed by atoms with Crippen LogP contribution >= 0.6 is 11.6 Å². The van der Waals surface area contributed by atoms with E-state index in [1.807, 2.05) is 0 Å². The highest BCUT2D eigenvalue weighted by molar-refractivity contribution is 6.31. The van der Waals surface area contributed by atoms with Crippen LogP contribution in [0.2, 0.25) is 5.02 Å². The number of ketones is 1. The zero-order valence-corrected chi connectivity index (χ0v) is 15.5. The van der Waals surface area contributed by atoms with Crippen LogP contribution in [0.5, 0.6) is 5.75 Å². The maximum atomic E-state index is 12.5. The highest BCUT2D eigenvalue weighted by atomic mass is 35.5. The molecule has 0 saturated carbocycles. The molecule has 0 amide bonds. The number of nitrogens with zero attached hydrogens (tertiary/aromatic N) is 2. The largest absolute Gasteiger partial charge is 0.491 e. The third-order valence-corrected chi connectivity index (χ3v) is 4.37. The monoisotopic (exact) mass is 386 g/mol. The Bertz CT molecular complexity index is 1010. The fourth-order valence-corrected chi connectivity index (χ4v) is 2.85. The number of ether oxygens (including phenoxy) is 1. The number of rotatable bonds is 7. The van der Waals surface area contributed by atoms with E-state index in [2.05, 4.69) is 4.98 Å².